The van der Waals surface area contributed by atoms with Gasteiger partial charge in [-0.25, -0.2) is 0 Å². The summed E-state index contributed by atoms with van der Waals surface area (Å²) in [5.41, 5.74) is -0.180. The SMILES string of the molecule is C[C@@H]1CC[C@H](C)N1CCN1CCN(C(=O)[C@]2(C)CCCNC2)CC1. The largest absolute Gasteiger partial charge is 0.340 e. The van der Waals surface area contributed by atoms with Gasteiger partial charge in [-0.2, -0.15) is 0 Å². The van der Waals surface area contributed by atoms with Gasteiger partial charge in [0.25, 0.3) is 0 Å². The minimum absolute atomic E-state index is 0.180. The lowest BCUT2D eigenvalue weighted by Crippen LogP contribution is -2.56. The Kier molecular flexibility index (Phi) is 5.83. The van der Waals surface area contributed by atoms with Gasteiger partial charge in [0.15, 0.2) is 0 Å². The summed E-state index contributed by atoms with van der Waals surface area (Å²) in [6, 6.07) is 1.48. The first kappa shape index (κ1) is 18.2. The zero-order valence-electron chi connectivity index (χ0n) is 15.9. The van der Waals surface area contributed by atoms with Crippen LogP contribution in [-0.4, -0.2) is 85.0 Å². The van der Waals surface area contributed by atoms with E-state index in [1.807, 2.05) is 0 Å². The van der Waals surface area contributed by atoms with Gasteiger partial charge < -0.3 is 10.2 Å². The number of nitrogens with one attached hydrogen (secondary N) is 1. The summed E-state index contributed by atoms with van der Waals surface area (Å²) in [6.45, 7) is 15.0. The molecule has 0 bridgehead atoms. The minimum atomic E-state index is -0.180. The number of hydrogen-bond acceptors (Lipinski definition) is 4. The van der Waals surface area contributed by atoms with Crippen LogP contribution in [0.4, 0.5) is 0 Å². The van der Waals surface area contributed by atoms with Crippen LogP contribution in [0.5, 0.6) is 0 Å². The molecule has 3 saturated heterocycles. The van der Waals surface area contributed by atoms with E-state index in [2.05, 4.69) is 40.8 Å². The summed E-state index contributed by atoms with van der Waals surface area (Å²) in [5.74, 6) is 0.371. The molecule has 0 radical (unpaired) electrons. The molecular formula is C19H36N4O. The topological polar surface area (TPSA) is 38.8 Å². The molecule has 0 saturated carbocycles. The molecule has 3 fully saturated rings. The third-order valence-electron chi connectivity index (χ3n) is 6.58. The lowest BCUT2D eigenvalue weighted by molar-refractivity contribution is -0.144. The van der Waals surface area contributed by atoms with E-state index in [0.717, 1.165) is 70.7 Å². The highest BCUT2D eigenvalue weighted by Gasteiger charge is 2.38. The van der Waals surface area contributed by atoms with Crippen LogP contribution >= 0.6 is 0 Å². The second kappa shape index (κ2) is 7.71. The normalized spacial score (nSPS) is 36.2. The molecule has 0 aliphatic carbocycles. The van der Waals surface area contributed by atoms with Crippen molar-refractivity contribution in [3.63, 3.8) is 0 Å². The Morgan fingerprint density at radius 1 is 1.08 bits per heavy atom. The number of amides is 1. The molecule has 3 heterocycles. The summed E-state index contributed by atoms with van der Waals surface area (Å²) in [6.07, 6.45) is 4.84. The molecule has 0 spiro atoms. The van der Waals surface area contributed by atoms with Crippen LogP contribution in [0.3, 0.4) is 0 Å². The van der Waals surface area contributed by atoms with Crippen LogP contribution in [0.15, 0.2) is 0 Å². The summed E-state index contributed by atoms with van der Waals surface area (Å²) < 4.78 is 0. The van der Waals surface area contributed by atoms with Crippen LogP contribution in [0, 0.1) is 5.41 Å². The van der Waals surface area contributed by atoms with Gasteiger partial charge in [-0.05, 0) is 53.0 Å². The number of carbonyl (C=O) groups excluding carboxylic acids is 1. The van der Waals surface area contributed by atoms with E-state index in [1.54, 1.807) is 0 Å². The van der Waals surface area contributed by atoms with Crippen LogP contribution in [0.1, 0.15) is 46.5 Å². The Balaban J connectivity index is 1.43. The van der Waals surface area contributed by atoms with Gasteiger partial charge in [0.2, 0.25) is 5.91 Å². The summed E-state index contributed by atoms with van der Waals surface area (Å²) in [7, 11) is 0. The van der Waals surface area contributed by atoms with Crippen molar-refractivity contribution in [1.82, 2.24) is 20.0 Å². The standard InChI is InChI=1S/C19H36N4O/c1-16-5-6-17(2)23(16)14-11-21-9-12-22(13-10-21)18(24)19(3)7-4-8-20-15-19/h16-17,20H,4-15H2,1-3H3/t16-,17+,19-/m1/s1. The molecule has 0 aromatic heterocycles. The molecule has 3 rings (SSSR count). The third-order valence-corrected chi connectivity index (χ3v) is 6.58. The van der Waals surface area contributed by atoms with Crippen LogP contribution in [0.2, 0.25) is 0 Å². The highest BCUT2D eigenvalue weighted by Crippen LogP contribution is 2.28. The van der Waals surface area contributed by atoms with E-state index < -0.39 is 0 Å². The monoisotopic (exact) mass is 336 g/mol. The van der Waals surface area contributed by atoms with Crippen LogP contribution in [0.25, 0.3) is 0 Å². The molecule has 0 aromatic carbocycles. The van der Waals surface area contributed by atoms with Crippen molar-refractivity contribution in [3.05, 3.63) is 0 Å². The number of piperidine rings is 1. The first-order valence-electron chi connectivity index (χ1n) is 9.98. The molecule has 0 unspecified atom stereocenters. The second-order valence-electron chi connectivity index (χ2n) is 8.49. The number of hydrogen-bond donors (Lipinski definition) is 1. The molecule has 5 nitrogen and oxygen atoms in total. The summed E-state index contributed by atoms with van der Waals surface area (Å²) in [4.78, 5) is 20.2. The average Bonchev–Trinajstić information content (AvgIpc) is 2.92. The molecule has 3 aliphatic rings. The van der Waals surface area contributed by atoms with E-state index in [9.17, 15) is 4.79 Å². The summed E-state index contributed by atoms with van der Waals surface area (Å²) in [5, 5.41) is 3.40. The molecule has 0 aromatic rings. The van der Waals surface area contributed by atoms with Crippen molar-refractivity contribution in [3.8, 4) is 0 Å². The van der Waals surface area contributed by atoms with Gasteiger partial charge in [0.1, 0.15) is 0 Å². The molecular weight excluding hydrogens is 300 g/mol. The van der Waals surface area contributed by atoms with Gasteiger partial charge in [-0.15, -0.1) is 0 Å². The number of piperazine rings is 1. The quantitative estimate of drug-likeness (QED) is 0.842. The van der Waals surface area contributed by atoms with E-state index in [-0.39, 0.29) is 5.41 Å². The second-order valence-corrected chi connectivity index (χ2v) is 8.49. The van der Waals surface area contributed by atoms with E-state index in [1.165, 1.54) is 19.4 Å². The van der Waals surface area contributed by atoms with Crippen molar-refractivity contribution in [2.24, 2.45) is 5.41 Å². The predicted octanol–water partition coefficient (Wildman–Crippen LogP) is 1.39. The maximum absolute atomic E-state index is 12.9. The number of nitrogens with zero attached hydrogens (tertiary/aromatic N) is 3. The van der Waals surface area contributed by atoms with Gasteiger partial charge in [0.05, 0.1) is 5.41 Å². The predicted molar refractivity (Wildman–Crippen MR) is 98.1 cm³/mol. The Morgan fingerprint density at radius 3 is 2.33 bits per heavy atom. The molecule has 1 N–H and O–H groups in total. The highest BCUT2D eigenvalue weighted by atomic mass is 16.2. The zero-order chi connectivity index (χ0) is 17.2. The first-order chi connectivity index (χ1) is 11.5. The molecule has 1 amide bonds. The first-order valence-corrected chi connectivity index (χ1v) is 9.98. The van der Waals surface area contributed by atoms with Crippen LogP contribution in [-0.2, 0) is 4.79 Å². The lowest BCUT2D eigenvalue weighted by atomic mass is 9.81. The van der Waals surface area contributed by atoms with E-state index in [0.29, 0.717) is 5.91 Å². The molecule has 3 atom stereocenters. The van der Waals surface area contributed by atoms with Crippen molar-refractivity contribution in [2.45, 2.75) is 58.5 Å². The zero-order valence-corrected chi connectivity index (χ0v) is 15.9. The molecule has 5 heteroatoms. The number of carbonyl (C=O) groups is 1. The Bertz CT molecular complexity index is 417. The third kappa shape index (κ3) is 3.94. The lowest BCUT2D eigenvalue weighted by Gasteiger charge is -2.41. The van der Waals surface area contributed by atoms with Crippen molar-refractivity contribution in [1.29, 1.82) is 0 Å². The fourth-order valence-corrected chi connectivity index (χ4v) is 4.74. The Hall–Kier alpha value is -0.650. The maximum Gasteiger partial charge on any atom is 0.229 e. The highest BCUT2D eigenvalue weighted by molar-refractivity contribution is 5.82. The fraction of sp³-hybridized carbons (Fsp3) is 0.947. The van der Waals surface area contributed by atoms with E-state index in [4.69, 9.17) is 0 Å². The molecule has 24 heavy (non-hydrogen) atoms. The fourth-order valence-electron chi connectivity index (χ4n) is 4.74. The smallest absolute Gasteiger partial charge is 0.229 e. The van der Waals surface area contributed by atoms with Gasteiger partial charge in [0, 0.05) is 57.9 Å². The maximum atomic E-state index is 12.9. The minimum Gasteiger partial charge on any atom is -0.340 e. The van der Waals surface area contributed by atoms with Gasteiger partial charge in [-0.3, -0.25) is 14.6 Å². The molecule has 3 aliphatic heterocycles. The van der Waals surface area contributed by atoms with Gasteiger partial charge in [-0.1, -0.05) is 0 Å². The van der Waals surface area contributed by atoms with E-state index >= 15 is 0 Å². The van der Waals surface area contributed by atoms with Crippen LogP contribution < -0.4 is 5.32 Å². The average molecular weight is 337 g/mol. The van der Waals surface area contributed by atoms with Crippen molar-refractivity contribution >= 4 is 5.91 Å². The Morgan fingerprint density at radius 2 is 1.75 bits per heavy atom. The number of rotatable bonds is 4. The number of likely N-dealkylation sites (tertiary alicyclic amines) is 1. The molecule has 138 valence electrons. The Labute approximate surface area is 147 Å². The van der Waals surface area contributed by atoms with Gasteiger partial charge >= 0.3 is 0 Å². The van der Waals surface area contributed by atoms with Crippen molar-refractivity contribution in [2.75, 3.05) is 52.4 Å². The van der Waals surface area contributed by atoms with Crippen molar-refractivity contribution < 1.29 is 4.79 Å². The summed E-state index contributed by atoms with van der Waals surface area (Å²) >= 11 is 0.